The van der Waals surface area contributed by atoms with Gasteiger partial charge in [-0.25, -0.2) is 0 Å². The van der Waals surface area contributed by atoms with Gasteiger partial charge in [0.15, 0.2) is 0 Å². The molecule has 2 N–H and O–H groups in total. The minimum absolute atomic E-state index is 0.0831. The largest absolute Gasteiger partial charge is 0.481 e. The van der Waals surface area contributed by atoms with Crippen molar-refractivity contribution in [3.05, 3.63) is 0 Å². The van der Waals surface area contributed by atoms with E-state index in [9.17, 15) is 9.59 Å². The normalized spacial score (nSPS) is 17.6. The van der Waals surface area contributed by atoms with Gasteiger partial charge in [-0.05, 0) is 33.6 Å². The van der Waals surface area contributed by atoms with Crippen LogP contribution in [0.1, 0.15) is 33.6 Å². The Labute approximate surface area is 102 Å². The van der Waals surface area contributed by atoms with E-state index in [1.807, 2.05) is 6.92 Å². The van der Waals surface area contributed by atoms with Gasteiger partial charge in [0.2, 0.25) is 5.91 Å². The number of amides is 1. The number of rotatable bonds is 7. The molecule has 0 atom stereocenters. The predicted molar refractivity (Wildman–Crippen MR) is 62.6 cm³/mol. The molecular weight excluding hydrogens is 222 g/mol. The van der Waals surface area contributed by atoms with Crippen molar-refractivity contribution in [1.29, 1.82) is 0 Å². The molecule has 1 saturated carbocycles. The van der Waals surface area contributed by atoms with Crippen LogP contribution in [0.5, 0.6) is 0 Å². The average Bonchev–Trinajstić information content (AvgIpc) is 3.04. The molecule has 1 aliphatic rings. The second kappa shape index (κ2) is 5.04. The van der Waals surface area contributed by atoms with E-state index in [0.717, 1.165) is 12.8 Å². The maximum absolute atomic E-state index is 11.9. The lowest BCUT2D eigenvalue weighted by molar-refractivity contribution is -0.147. The van der Waals surface area contributed by atoms with Crippen LogP contribution in [0, 0.1) is 10.8 Å². The Kier molecular flexibility index (Phi) is 4.14. The number of aliphatic carboxylic acids is 1. The van der Waals surface area contributed by atoms with Crippen LogP contribution in [0.3, 0.4) is 0 Å². The first-order chi connectivity index (χ1) is 7.84. The molecule has 0 aromatic heterocycles. The molecule has 98 valence electrons. The molecule has 0 saturated heterocycles. The van der Waals surface area contributed by atoms with Crippen LogP contribution in [0.2, 0.25) is 0 Å². The van der Waals surface area contributed by atoms with Gasteiger partial charge in [0, 0.05) is 13.2 Å². The van der Waals surface area contributed by atoms with Gasteiger partial charge in [-0.3, -0.25) is 9.59 Å². The quantitative estimate of drug-likeness (QED) is 0.700. The molecule has 0 unspecified atom stereocenters. The molecular formula is C12H21NO4. The zero-order valence-electron chi connectivity index (χ0n) is 10.7. The molecule has 1 fully saturated rings. The van der Waals surface area contributed by atoms with Gasteiger partial charge >= 0.3 is 5.97 Å². The number of carbonyl (C=O) groups is 2. The van der Waals surface area contributed by atoms with Crippen molar-refractivity contribution in [2.45, 2.75) is 33.6 Å². The van der Waals surface area contributed by atoms with Crippen molar-refractivity contribution >= 4 is 11.9 Å². The molecule has 17 heavy (non-hydrogen) atoms. The summed E-state index contributed by atoms with van der Waals surface area (Å²) in [7, 11) is 0. The molecule has 0 bridgehead atoms. The highest BCUT2D eigenvalue weighted by molar-refractivity contribution is 5.86. The number of hydrogen-bond donors (Lipinski definition) is 2. The summed E-state index contributed by atoms with van der Waals surface area (Å²) in [4.78, 5) is 22.8. The Bertz CT molecular complexity index is 308. The summed E-state index contributed by atoms with van der Waals surface area (Å²) in [6.45, 7) is 6.25. The van der Waals surface area contributed by atoms with Crippen molar-refractivity contribution in [2.75, 3.05) is 19.8 Å². The van der Waals surface area contributed by atoms with Crippen LogP contribution < -0.4 is 5.32 Å². The minimum atomic E-state index is -0.933. The first-order valence-corrected chi connectivity index (χ1v) is 5.93. The van der Waals surface area contributed by atoms with Crippen molar-refractivity contribution < 1.29 is 19.4 Å². The van der Waals surface area contributed by atoms with Crippen LogP contribution in [0.15, 0.2) is 0 Å². The van der Waals surface area contributed by atoms with Gasteiger partial charge in [-0.2, -0.15) is 0 Å². The number of hydrogen-bond acceptors (Lipinski definition) is 3. The topological polar surface area (TPSA) is 75.6 Å². The maximum atomic E-state index is 11.9. The standard InChI is InChI=1S/C12H21NO4/c1-4-17-8-12(5-6-12)9(14)13-7-11(2,3)10(15)16/h4-8H2,1-3H3,(H,13,14)(H,15,16). The minimum Gasteiger partial charge on any atom is -0.481 e. The average molecular weight is 243 g/mol. The summed E-state index contributed by atoms with van der Waals surface area (Å²) in [5.74, 6) is -0.993. The molecule has 0 spiro atoms. The van der Waals surface area contributed by atoms with E-state index in [0.29, 0.717) is 13.2 Å². The molecule has 0 aromatic rings. The van der Waals surface area contributed by atoms with Gasteiger partial charge in [0.05, 0.1) is 17.4 Å². The van der Waals surface area contributed by atoms with Crippen molar-refractivity contribution in [3.8, 4) is 0 Å². The Hall–Kier alpha value is -1.10. The van der Waals surface area contributed by atoms with E-state index in [2.05, 4.69) is 5.32 Å². The summed E-state index contributed by atoms with van der Waals surface area (Å²) in [6.07, 6.45) is 1.65. The van der Waals surface area contributed by atoms with Crippen molar-refractivity contribution in [1.82, 2.24) is 5.32 Å². The summed E-state index contributed by atoms with van der Waals surface area (Å²) in [5.41, 5.74) is -1.33. The summed E-state index contributed by atoms with van der Waals surface area (Å²) < 4.78 is 5.28. The molecule has 0 heterocycles. The number of carboxylic acid groups (broad SMARTS) is 1. The lowest BCUT2D eigenvalue weighted by Gasteiger charge is -2.22. The van der Waals surface area contributed by atoms with E-state index >= 15 is 0 Å². The number of ether oxygens (including phenoxy) is 1. The second-order valence-corrected chi connectivity index (χ2v) is 5.29. The molecule has 1 aliphatic carbocycles. The summed E-state index contributed by atoms with van der Waals surface area (Å²) in [5, 5.41) is 11.7. The van der Waals surface area contributed by atoms with Crippen LogP contribution in [-0.2, 0) is 14.3 Å². The molecule has 0 radical (unpaired) electrons. The Balaban J connectivity index is 2.42. The van der Waals surface area contributed by atoms with Gasteiger partial charge in [0.25, 0.3) is 0 Å². The van der Waals surface area contributed by atoms with E-state index in [4.69, 9.17) is 9.84 Å². The van der Waals surface area contributed by atoms with Crippen LogP contribution in [-0.4, -0.2) is 36.7 Å². The fourth-order valence-corrected chi connectivity index (χ4v) is 1.45. The van der Waals surface area contributed by atoms with Crippen molar-refractivity contribution in [2.24, 2.45) is 10.8 Å². The first kappa shape index (κ1) is 14.0. The molecule has 5 nitrogen and oxygen atoms in total. The zero-order valence-corrected chi connectivity index (χ0v) is 10.7. The Morgan fingerprint density at radius 2 is 2.00 bits per heavy atom. The van der Waals surface area contributed by atoms with E-state index < -0.39 is 16.8 Å². The van der Waals surface area contributed by atoms with E-state index in [1.54, 1.807) is 13.8 Å². The number of carboxylic acids is 1. The second-order valence-electron chi connectivity index (χ2n) is 5.29. The zero-order chi connectivity index (χ0) is 13.1. The highest BCUT2D eigenvalue weighted by Crippen LogP contribution is 2.46. The highest BCUT2D eigenvalue weighted by atomic mass is 16.5. The van der Waals surface area contributed by atoms with Crippen LogP contribution >= 0.6 is 0 Å². The first-order valence-electron chi connectivity index (χ1n) is 5.93. The predicted octanol–water partition coefficient (Wildman–Crippen LogP) is 1.03. The summed E-state index contributed by atoms with van der Waals surface area (Å²) in [6, 6.07) is 0. The van der Waals surface area contributed by atoms with Crippen LogP contribution in [0.4, 0.5) is 0 Å². The van der Waals surface area contributed by atoms with Gasteiger partial charge in [0.1, 0.15) is 0 Å². The fraction of sp³-hybridized carbons (Fsp3) is 0.833. The number of carbonyl (C=O) groups excluding carboxylic acids is 1. The van der Waals surface area contributed by atoms with Crippen molar-refractivity contribution in [3.63, 3.8) is 0 Å². The van der Waals surface area contributed by atoms with Crippen LogP contribution in [0.25, 0.3) is 0 Å². The maximum Gasteiger partial charge on any atom is 0.310 e. The third-order valence-corrected chi connectivity index (χ3v) is 3.19. The third kappa shape index (κ3) is 3.43. The Morgan fingerprint density at radius 1 is 1.41 bits per heavy atom. The third-order valence-electron chi connectivity index (χ3n) is 3.19. The molecule has 0 aliphatic heterocycles. The monoisotopic (exact) mass is 243 g/mol. The van der Waals surface area contributed by atoms with Gasteiger partial charge < -0.3 is 15.2 Å². The van der Waals surface area contributed by atoms with Gasteiger partial charge in [-0.15, -0.1) is 0 Å². The molecule has 1 rings (SSSR count). The Morgan fingerprint density at radius 3 is 2.41 bits per heavy atom. The number of nitrogens with one attached hydrogen (secondary N) is 1. The molecule has 0 aromatic carbocycles. The fourth-order valence-electron chi connectivity index (χ4n) is 1.45. The molecule has 5 heteroatoms. The van der Waals surface area contributed by atoms with Gasteiger partial charge in [-0.1, -0.05) is 0 Å². The lowest BCUT2D eigenvalue weighted by Crippen LogP contribution is -2.43. The summed E-state index contributed by atoms with van der Waals surface area (Å²) >= 11 is 0. The highest BCUT2D eigenvalue weighted by Gasteiger charge is 2.50. The SMILES string of the molecule is CCOCC1(C(=O)NCC(C)(C)C(=O)O)CC1. The van der Waals surface area contributed by atoms with E-state index in [-0.39, 0.29) is 12.5 Å². The smallest absolute Gasteiger partial charge is 0.310 e. The van der Waals surface area contributed by atoms with E-state index in [1.165, 1.54) is 0 Å². The molecule has 1 amide bonds. The lowest BCUT2D eigenvalue weighted by atomic mass is 9.93.